The van der Waals surface area contributed by atoms with E-state index in [1.54, 1.807) is 22.9 Å². The topological polar surface area (TPSA) is 59.3 Å². The van der Waals surface area contributed by atoms with Crippen molar-refractivity contribution in [3.05, 3.63) is 132 Å². The second-order valence-corrected chi connectivity index (χ2v) is 9.09. The Morgan fingerprint density at radius 3 is 2.61 bits per heavy atom. The third-order valence-corrected chi connectivity index (χ3v) is 6.74. The lowest BCUT2D eigenvalue weighted by Gasteiger charge is -2.21. The first-order valence-corrected chi connectivity index (χ1v) is 12.4. The Morgan fingerprint density at radius 1 is 1.05 bits per heavy atom. The quantitative estimate of drug-likeness (QED) is 0.233. The van der Waals surface area contributed by atoms with Crippen molar-refractivity contribution < 1.29 is 14.2 Å². The van der Waals surface area contributed by atoms with Crippen LogP contribution in [0.4, 0.5) is 10.1 Å². The lowest BCUT2D eigenvalue weighted by molar-refractivity contribution is 0.251. The molecule has 0 radical (unpaired) electrons. The van der Waals surface area contributed by atoms with Gasteiger partial charge in [-0.3, -0.25) is 4.98 Å². The van der Waals surface area contributed by atoms with Gasteiger partial charge >= 0.3 is 0 Å². The van der Waals surface area contributed by atoms with Gasteiger partial charge in [-0.05, 0) is 35.4 Å². The predicted molar refractivity (Wildman–Crippen MR) is 149 cm³/mol. The van der Waals surface area contributed by atoms with Crippen LogP contribution in [0.15, 0.2) is 109 Å². The maximum absolute atomic E-state index is 13.5. The van der Waals surface area contributed by atoms with E-state index < -0.39 is 6.10 Å². The molecule has 3 aromatic carbocycles. The van der Waals surface area contributed by atoms with E-state index in [4.69, 9.17) is 9.72 Å². The monoisotopic (exact) mass is 502 g/mol. The molecule has 6 rings (SSSR count). The molecule has 186 valence electrons. The smallest absolute Gasteiger partial charge is 0.203 e. The molecular formula is C32H25FN3O2+. The molecule has 6 heteroatoms. The molecule has 2 aromatic heterocycles. The van der Waals surface area contributed by atoms with Crippen LogP contribution in [0.25, 0.3) is 21.7 Å². The molecule has 0 amide bonds. The van der Waals surface area contributed by atoms with Gasteiger partial charge in [-0.25, -0.2) is 4.39 Å². The van der Waals surface area contributed by atoms with Gasteiger partial charge in [0, 0.05) is 36.3 Å². The van der Waals surface area contributed by atoms with Crippen molar-refractivity contribution in [2.75, 3.05) is 12.4 Å². The summed E-state index contributed by atoms with van der Waals surface area (Å²) in [5, 5.41) is 17.1. The molecule has 5 nitrogen and oxygen atoms in total. The molecule has 0 spiro atoms. The number of hydrogen-bond donors (Lipinski definition) is 2. The van der Waals surface area contributed by atoms with Crippen LogP contribution in [0, 0.1) is 11.9 Å². The van der Waals surface area contributed by atoms with E-state index >= 15 is 0 Å². The van der Waals surface area contributed by atoms with E-state index in [1.165, 1.54) is 12.1 Å². The molecule has 1 aliphatic rings. The van der Waals surface area contributed by atoms with Gasteiger partial charge in [0.1, 0.15) is 29.1 Å². The zero-order valence-electron chi connectivity index (χ0n) is 20.7. The second-order valence-electron chi connectivity index (χ2n) is 9.09. The summed E-state index contributed by atoms with van der Waals surface area (Å²) in [6.45, 7) is 0.365. The van der Waals surface area contributed by atoms with Crippen LogP contribution in [-0.2, 0) is 6.54 Å². The van der Waals surface area contributed by atoms with E-state index in [-0.39, 0.29) is 11.7 Å². The van der Waals surface area contributed by atoms with Crippen LogP contribution in [0.2, 0.25) is 0 Å². The number of ether oxygens (including phenoxy) is 1. The van der Waals surface area contributed by atoms with Gasteiger partial charge in [0.15, 0.2) is 11.9 Å². The minimum atomic E-state index is -0.445. The highest BCUT2D eigenvalue weighted by molar-refractivity contribution is 6.16. The first-order valence-electron chi connectivity index (χ1n) is 12.4. The van der Waals surface area contributed by atoms with Gasteiger partial charge in [0.2, 0.25) is 5.88 Å². The summed E-state index contributed by atoms with van der Waals surface area (Å²) < 4.78 is 22.1. The summed E-state index contributed by atoms with van der Waals surface area (Å²) in [6, 6.07) is 20.1. The van der Waals surface area contributed by atoms with Crippen molar-refractivity contribution in [2.45, 2.75) is 12.6 Å². The fraction of sp³-hybridized carbons (Fsp3) is 0.0938. The summed E-state index contributed by atoms with van der Waals surface area (Å²) in [6.07, 6.45) is 13.9. The number of fused-ring (bicyclic) bond motifs is 2. The lowest BCUT2D eigenvalue weighted by atomic mass is 9.98. The van der Waals surface area contributed by atoms with E-state index in [1.807, 2.05) is 80.0 Å². The molecule has 1 atom stereocenters. The number of pyridine rings is 1. The van der Waals surface area contributed by atoms with Crippen LogP contribution in [0.1, 0.15) is 17.2 Å². The number of allylic oxidation sites excluding steroid dienone is 4. The van der Waals surface area contributed by atoms with E-state index in [0.717, 1.165) is 33.2 Å². The van der Waals surface area contributed by atoms with Gasteiger partial charge in [-0.1, -0.05) is 42.5 Å². The molecule has 2 heterocycles. The molecule has 1 aliphatic carbocycles. The van der Waals surface area contributed by atoms with Crippen LogP contribution < -0.4 is 10.1 Å². The number of halogens is 1. The first kappa shape index (κ1) is 23.5. The zero-order chi connectivity index (χ0) is 26.1. The van der Waals surface area contributed by atoms with E-state index in [9.17, 15) is 9.50 Å². The Kier molecular flexibility index (Phi) is 6.08. The number of aromatic nitrogens is 2. The van der Waals surface area contributed by atoms with Crippen molar-refractivity contribution in [3.63, 3.8) is 0 Å². The van der Waals surface area contributed by atoms with Gasteiger partial charge in [0.05, 0.1) is 29.8 Å². The molecule has 1 unspecified atom stereocenters. The fourth-order valence-electron chi connectivity index (χ4n) is 4.95. The molecule has 2 N–H and O–H groups in total. The van der Waals surface area contributed by atoms with Gasteiger partial charge < -0.3 is 19.7 Å². The zero-order valence-corrected chi connectivity index (χ0v) is 20.7. The summed E-state index contributed by atoms with van der Waals surface area (Å²) in [5.74, 6) is 0.245. The molecule has 0 aliphatic heterocycles. The van der Waals surface area contributed by atoms with Crippen LogP contribution in [0.5, 0.6) is 11.6 Å². The maximum Gasteiger partial charge on any atom is 0.203 e. The molecule has 38 heavy (non-hydrogen) atoms. The largest absolute Gasteiger partial charge is 0.494 e. The number of benzene rings is 3. The molecule has 5 aromatic rings. The van der Waals surface area contributed by atoms with Crippen LogP contribution in [0.3, 0.4) is 0 Å². The molecule has 0 bridgehead atoms. The average molecular weight is 503 g/mol. The minimum absolute atomic E-state index is 0.0524. The second kappa shape index (κ2) is 9.85. The number of aromatic hydroxyl groups is 1. The van der Waals surface area contributed by atoms with Crippen molar-refractivity contribution in [1.29, 1.82) is 0 Å². The summed E-state index contributed by atoms with van der Waals surface area (Å²) in [5.41, 5.74) is 4.27. The van der Waals surface area contributed by atoms with Crippen LogP contribution >= 0.6 is 0 Å². The Hall–Kier alpha value is -4.93. The third-order valence-electron chi connectivity index (χ3n) is 6.74. The molecular weight excluding hydrogens is 477 g/mol. The number of hydrogen-bond acceptors (Lipinski definition) is 4. The number of rotatable bonds is 7. The van der Waals surface area contributed by atoms with E-state index in [2.05, 4.69) is 11.4 Å². The highest BCUT2D eigenvalue weighted by Gasteiger charge is 2.28. The third kappa shape index (κ3) is 4.17. The standard InChI is InChI=1S/C32H24FN3O2/c1-34-28-25-13-8-18-35-29(25)31(38-30(22-9-4-2-5-10-22)23-11-6-3-7-12-23)27-26(28)20-36(32(27)37)19-21-14-16-24(33)17-15-21/h2,4-18,20,30H,19H2,1H3,(H-,34,35,37)/p+1. The highest BCUT2D eigenvalue weighted by Crippen LogP contribution is 2.47. The summed E-state index contributed by atoms with van der Waals surface area (Å²) in [7, 11) is 1.85. The Balaban J connectivity index is 1.58. The first-order chi connectivity index (χ1) is 18.6. The minimum Gasteiger partial charge on any atom is -0.494 e. The normalized spacial score (nSPS) is 13.4. The molecule has 0 saturated heterocycles. The highest BCUT2D eigenvalue weighted by atomic mass is 19.1. The summed E-state index contributed by atoms with van der Waals surface area (Å²) >= 11 is 0. The number of nitrogens with one attached hydrogen (secondary N) is 1. The Labute approximate surface area is 219 Å². The molecule has 0 saturated carbocycles. The SMILES string of the molecule is CNc1c2cccnc2c(OC(C2=CC=[C+]C=C2)c2ccccc2)c2c(O)n(Cc3ccc(F)cc3)cc12. The van der Waals surface area contributed by atoms with Gasteiger partial charge in [-0.2, -0.15) is 0 Å². The van der Waals surface area contributed by atoms with Crippen molar-refractivity contribution >= 4 is 27.4 Å². The average Bonchev–Trinajstić information content (AvgIpc) is 3.28. The van der Waals surface area contributed by atoms with E-state index in [0.29, 0.717) is 23.2 Å². The predicted octanol–water partition coefficient (Wildman–Crippen LogP) is 7.10. The Bertz CT molecular complexity index is 1720. The number of nitrogens with zero attached hydrogens (tertiary/aromatic N) is 2. The summed E-state index contributed by atoms with van der Waals surface area (Å²) in [4.78, 5) is 4.69. The maximum atomic E-state index is 13.5. The molecule has 0 fully saturated rings. The van der Waals surface area contributed by atoms with Gasteiger partial charge in [-0.15, -0.1) is 0 Å². The lowest BCUT2D eigenvalue weighted by Crippen LogP contribution is -2.11. The van der Waals surface area contributed by atoms with Crippen molar-refractivity contribution in [1.82, 2.24) is 9.55 Å². The van der Waals surface area contributed by atoms with Crippen molar-refractivity contribution in [3.8, 4) is 11.6 Å². The number of anilines is 1. The van der Waals surface area contributed by atoms with Crippen molar-refractivity contribution in [2.24, 2.45) is 0 Å². The van der Waals surface area contributed by atoms with Crippen LogP contribution in [-0.4, -0.2) is 21.7 Å². The fourth-order valence-corrected chi connectivity index (χ4v) is 4.95. The van der Waals surface area contributed by atoms with Gasteiger partial charge in [0.25, 0.3) is 0 Å². The Morgan fingerprint density at radius 2 is 1.87 bits per heavy atom.